The Morgan fingerprint density at radius 3 is 2.79 bits per heavy atom. The number of carboxylic acid groups (broad SMARTS) is 1. The zero-order valence-corrected chi connectivity index (χ0v) is 9.21. The number of nitrogens with zero attached hydrogens (tertiary/aromatic N) is 3. The van der Waals surface area contributed by atoms with Gasteiger partial charge in [-0.15, -0.1) is 11.8 Å². The number of aromatic nitrogens is 3. The molecule has 14 heavy (non-hydrogen) atoms. The van der Waals surface area contributed by atoms with E-state index in [1.807, 2.05) is 0 Å². The largest absolute Gasteiger partial charge is 0.480 e. The van der Waals surface area contributed by atoms with Crippen molar-refractivity contribution < 1.29 is 9.90 Å². The summed E-state index contributed by atoms with van der Waals surface area (Å²) in [5.41, 5.74) is 0. The lowest BCUT2D eigenvalue weighted by atomic mass is 10.2. The molecule has 0 atom stereocenters. The first-order valence-electron chi connectivity index (χ1n) is 4.13. The Morgan fingerprint density at radius 1 is 1.71 bits per heavy atom. The number of hydrogen-bond acceptors (Lipinski definition) is 4. The van der Waals surface area contributed by atoms with Gasteiger partial charge < -0.3 is 5.11 Å². The molecular formula is C8H13N3O2S. The quantitative estimate of drug-likeness (QED) is 0.808. The Balaban J connectivity index is 2.57. The van der Waals surface area contributed by atoms with E-state index in [1.165, 1.54) is 18.1 Å². The molecule has 5 nitrogen and oxygen atoms in total. The summed E-state index contributed by atoms with van der Waals surface area (Å²) < 4.78 is 0.858. The molecule has 0 aliphatic heterocycles. The Hall–Kier alpha value is -1.04. The molecule has 78 valence electrons. The fourth-order valence-electron chi connectivity index (χ4n) is 0.758. The van der Waals surface area contributed by atoms with E-state index in [0.717, 1.165) is 5.82 Å². The molecule has 0 spiro atoms. The van der Waals surface area contributed by atoms with Gasteiger partial charge in [0.25, 0.3) is 0 Å². The van der Waals surface area contributed by atoms with Crippen LogP contribution in [-0.2, 0) is 17.6 Å². The minimum atomic E-state index is -0.815. The molecule has 1 rings (SSSR count). The summed E-state index contributed by atoms with van der Waals surface area (Å²) >= 11 is 1.34. The highest BCUT2D eigenvalue weighted by Crippen LogP contribution is 2.27. The van der Waals surface area contributed by atoms with E-state index in [4.69, 9.17) is 5.11 Å². The van der Waals surface area contributed by atoms with Crippen LogP contribution in [0, 0.1) is 0 Å². The van der Waals surface area contributed by atoms with Crippen LogP contribution >= 0.6 is 11.8 Å². The number of rotatable bonds is 4. The summed E-state index contributed by atoms with van der Waals surface area (Å²) in [7, 11) is 1.79. The number of carbonyl (C=O) groups is 1. The number of hydrogen-bond donors (Lipinski definition) is 1. The van der Waals surface area contributed by atoms with Gasteiger partial charge in [-0.05, 0) is 13.8 Å². The van der Waals surface area contributed by atoms with Crippen molar-refractivity contribution in [3.63, 3.8) is 0 Å². The maximum absolute atomic E-state index is 10.8. The van der Waals surface area contributed by atoms with Crippen LogP contribution in [0.4, 0.5) is 0 Å². The Labute approximate surface area is 86.5 Å². The second-order valence-corrected chi connectivity index (χ2v) is 5.00. The maximum Gasteiger partial charge on any atom is 0.319 e. The zero-order valence-electron chi connectivity index (χ0n) is 8.39. The van der Waals surface area contributed by atoms with Crippen molar-refractivity contribution in [3.8, 4) is 0 Å². The van der Waals surface area contributed by atoms with Crippen molar-refractivity contribution >= 4 is 17.7 Å². The summed E-state index contributed by atoms with van der Waals surface area (Å²) in [5, 5.41) is 12.8. The molecule has 1 aromatic heterocycles. The van der Waals surface area contributed by atoms with E-state index < -0.39 is 10.7 Å². The molecule has 6 heteroatoms. The van der Waals surface area contributed by atoms with E-state index in [9.17, 15) is 4.79 Å². The number of aliphatic carboxylic acids is 1. The molecule has 0 bridgehead atoms. The maximum atomic E-state index is 10.8. The molecule has 0 aliphatic rings. The summed E-state index contributed by atoms with van der Waals surface area (Å²) in [6, 6.07) is 0. The molecule has 0 radical (unpaired) electrons. The predicted octanol–water partition coefficient (Wildman–Crippen LogP) is 0.911. The average molecular weight is 215 g/mol. The van der Waals surface area contributed by atoms with Crippen molar-refractivity contribution in [1.82, 2.24) is 14.8 Å². The van der Waals surface area contributed by atoms with Gasteiger partial charge in [0.05, 0.1) is 5.75 Å². The summed E-state index contributed by atoms with van der Waals surface area (Å²) in [5.74, 6) is 0.518. The van der Waals surface area contributed by atoms with Crippen LogP contribution in [0.1, 0.15) is 19.7 Å². The van der Waals surface area contributed by atoms with E-state index in [-0.39, 0.29) is 0 Å². The molecule has 1 aromatic rings. The summed E-state index contributed by atoms with van der Waals surface area (Å²) in [6.07, 6.45) is 1.46. The minimum absolute atomic E-state index is 0.551. The summed E-state index contributed by atoms with van der Waals surface area (Å²) in [4.78, 5) is 14.8. The smallest absolute Gasteiger partial charge is 0.319 e. The normalized spacial score (nSPS) is 11.6. The van der Waals surface area contributed by atoms with Gasteiger partial charge in [0.15, 0.2) is 0 Å². The SMILES string of the molecule is Cn1ncnc1CSC(C)(C)C(=O)O. The van der Waals surface area contributed by atoms with Gasteiger partial charge in [-0.2, -0.15) is 5.10 Å². The molecule has 1 heterocycles. The van der Waals surface area contributed by atoms with Crippen LogP contribution in [0.2, 0.25) is 0 Å². The van der Waals surface area contributed by atoms with Crippen molar-refractivity contribution in [2.45, 2.75) is 24.3 Å². The van der Waals surface area contributed by atoms with Crippen molar-refractivity contribution in [3.05, 3.63) is 12.2 Å². The topological polar surface area (TPSA) is 68.0 Å². The van der Waals surface area contributed by atoms with Gasteiger partial charge in [-0.25, -0.2) is 4.98 Å². The lowest BCUT2D eigenvalue weighted by Gasteiger charge is -2.17. The highest BCUT2D eigenvalue weighted by atomic mass is 32.2. The highest BCUT2D eigenvalue weighted by Gasteiger charge is 2.27. The molecule has 0 unspecified atom stereocenters. The predicted molar refractivity (Wildman–Crippen MR) is 54.0 cm³/mol. The monoisotopic (exact) mass is 215 g/mol. The lowest BCUT2D eigenvalue weighted by Crippen LogP contribution is -2.27. The van der Waals surface area contributed by atoms with Crippen LogP contribution in [0.3, 0.4) is 0 Å². The van der Waals surface area contributed by atoms with Crippen LogP contribution in [-0.4, -0.2) is 30.6 Å². The molecule has 1 N–H and O–H groups in total. The van der Waals surface area contributed by atoms with Gasteiger partial charge in [-0.3, -0.25) is 9.48 Å². The van der Waals surface area contributed by atoms with Gasteiger partial charge in [-0.1, -0.05) is 0 Å². The van der Waals surface area contributed by atoms with Crippen LogP contribution in [0.15, 0.2) is 6.33 Å². The number of thioether (sulfide) groups is 1. The van der Waals surface area contributed by atoms with Crippen molar-refractivity contribution in [1.29, 1.82) is 0 Å². The van der Waals surface area contributed by atoms with E-state index in [1.54, 1.807) is 25.6 Å². The average Bonchev–Trinajstić information content (AvgIpc) is 2.47. The van der Waals surface area contributed by atoms with Gasteiger partial charge >= 0.3 is 5.97 Å². The summed E-state index contributed by atoms with van der Waals surface area (Å²) in [6.45, 7) is 3.35. The third-order valence-corrected chi connectivity index (χ3v) is 3.18. The highest BCUT2D eigenvalue weighted by molar-refractivity contribution is 8.00. The second kappa shape index (κ2) is 4.00. The molecule has 0 amide bonds. The fraction of sp³-hybridized carbons (Fsp3) is 0.625. The first kappa shape index (κ1) is 11.0. The third kappa shape index (κ3) is 2.47. The number of carboxylic acids is 1. The second-order valence-electron chi connectivity index (χ2n) is 3.40. The van der Waals surface area contributed by atoms with E-state index in [2.05, 4.69) is 10.1 Å². The molecule has 0 fully saturated rings. The molecular weight excluding hydrogens is 202 g/mol. The lowest BCUT2D eigenvalue weighted by molar-refractivity contribution is -0.138. The first-order valence-corrected chi connectivity index (χ1v) is 5.12. The van der Waals surface area contributed by atoms with Gasteiger partial charge in [0, 0.05) is 7.05 Å². The van der Waals surface area contributed by atoms with Crippen LogP contribution in [0.25, 0.3) is 0 Å². The molecule has 0 saturated heterocycles. The van der Waals surface area contributed by atoms with E-state index in [0.29, 0.717) is 5.75 Å². The van der Waals surface area contributed by atoms with Gasteiger partial charge in [0.1, 0.15) is 16.9 Å². The Bertz CT molecular complexity index is 335. The van der Waals surface area contributed by atoms with Crippen LogP contribution < -0.4 is 0 Å². The van der Waals surface area contributed by atoms with Crippen molar-refractivity contribution in [2.75, 3.05) is 0 Å². The van der Waals surface area contributed by atoms with E-state index >= 15 is 0 Å². The molecule has 0 aliphatic carbocycles. The Morgan fingerprint density at radius 2 is 2.36 bits per heavy atom. The molecule has 0 saturated carbocycles. The van der Waals surface area contributed by atoms with Crippen LogP contribution in [0.5, 0.6) is 0 Å². The standard InChI is InChI=1S/C8H13N3O2S/c1-8(2,7(12)13)14-4-6-9-5-10-11(6)3/h5H,4H2,1-3H3,(H,12,13). The zero-order chi connectivity index (χ0) is 10.8. The van der Waals surface area contributed by atoms with Crippen molar-refractivity contribution in [2.24, 2.45) is 7.05 Å². The Kier molecular flexibility index (Phi) is 3.15. The fourth-order valence-corrected chi connectivity index (χ4v) is 1.63. The first-order chi connectivity index (χ1) is 6.43. The minimum Gasteiger partial charge on any atom is -0.480 e. The molecule has 0 aromatic carbocycles. The number of aryl methyl sites for hydroxylation is 1. The van der Waals surface area contributed by atoms with Gasteiger partial charge in [0.2, 0.25) is 0 Å². The third-order valence-electron chi connectivity index (χ3n) is 1.88.